The van der Waals surface area contributed by atoms with Crippen LogP contribution in [0.15, 0.2) is 18.2 Å². The molecule has 0 saturated carbocycles. The van der Waals surface area contributed by atoms with E-state index in [9.17, 15) is 13.2 Å². The molecule has 1 rings (SSSR count). The number of halogens is 3. The fraction of sp³-hybridized carbons (Fsp3) is 0.400. The molecule has 1 aromatic rings. The van der Waals surface area contributed by atoms with E-state index in [1.165, 1.54) is 0 Å². The number of ether oxygens (including phenoxy) is 2. The first-order valence-corrected chi connectivity index (χ1v) is 4.59. The van der Waals surface area contributed by atoms with Crippen molar-refractivity contribution in [3.63, 3.8) is 0 Å². The van der Waals surface area contributed by atoms with E-state index in [1.54, 1.807) is 25.1 Å². The number of benzene rings is 1. The molecule has 0 unspecified atom stereocenters. The van der Waals surface area contributed by atoms with Crippen LogP contribution in [0.3, 0.4) is 0 Å². The minimum atomic E-state index is -4.62. The van der Waals surface area contributed by atoms with Crippen LogP contribution in [0.25, 0.3) is 0 Å². The third-order valence-electron chi connectivity index (χ3n) is 1.93. The molecule has 0 atom stereocenters. The summed E-state index contributed by atoms with van der Waals surface area (Å²) in [4.78, 5) is 0. The summed E-state index contributed by atoms with van der Waals surface area (Å²) in [7, 11) is 0. The zero-order valence-electron chi connectivity index (χ0n) is 8.67. The predicted octanol–water partition coefficient (Wildman–Crippen LogP) is 2.49. The highest BCUT2D eigenvalue weighted by Gasteiger charge is 2.28. The highest BCUT2D eigenvalue weighted by molar-refractivity contribution is 5.53. The number of hydrogen-bond donors (Lipinski definition) is 1. The van der Waals surface area contributed by atoms with E-state index in [2.05, 4.69) is 4.74 Å². The smallest absolute Gasteiger partial charge is 0.491 e. The third kappa shape index (κ3) is 3.98. The molecule has 0 fully saturated rings. The number of rotatable bonds is 4. The summed E-state index contributed by atoms with van der Waals surface area (Å²) in [5.41, 5.74) is 6.84. The van der Waals surface area contributed by atoms with E-state index in [0.29, 0.717) is 17.0 Å². The van der Waals surface area contributed by atoms with Crippen molar-refractivity contribution in [3.05, 3.63) is 23.8 Å². The van der Waals surface area contributed by atoms with Crippen molar-refractivity contribution in [2.75, 3.05) is 18.9 Å². The molecule has 6 heteroatoms. The van der Waals surface area contributed by atoms with Gasteiger partial charge in [0.05, 0.1) is 6.61 Å². The number of anilines is 1. The first kappa shape index (κ1) is 12.6. The van der Waals surface area contributed by atoms with Crippen molar-refractivity contribution in [2.24, 2.45) is 0 Å². The maximum absolute atomic E-state index is 11.6. The lowest BCUT2D eigenvalue weighted by Crippen LogP contribution is -2.18. The predicted molar refractivity (Wildman–Crippen MR) is 53.1 cm³/mol. The molecule has 0 aliphatic heterocycles. The van der Waals surface area contributed by atoms with Crippen LogP contribution in [0.4, 0.5) is 18.9 Å². The van der Waals surface area contributed by atoms with Gasteiger partial charge in [-0.2, -0.15) is 0 Å². The first-order valence-electron chi connectivity index (χ1n) is 4.59. The molecule has 16 heavy (non-hydrogen) atoms. The topological polar surface area (TPSA) is 44.5 Å². The highest BCUT2D eigenvalue weighted by Crippen LogP contribution is 2.23. The first-order chi connectivity index (χ1) is 7.40. The Labute approximate surface area is 91.0 Å². The van der Waals surface area contributed by atoms with Gasteiger partial charge in [-0.1, -0.05) is 6.07 Å². The van der Waals surface area contributed by atoms with Crippen LogP contribution in [-0.2, 0) is 4.74 Å². The summed E-state index contributed by atoms with van der Waals surface area (Å²) < 4.78 is 43.6. The van der Waals surface area contributed by atoms with Gasteiger partial charge in [0.15, 0.2) is 0 Å². The summed E-state index contributed by atoms with van der Waals surface area (Å²) in [6.07, 6.45) is -4.62. The lowest BCUT2D eigenvalue weighted by atomic mass is 10.2. The van der Waals surface area contributed by atoms with E-state index in [-0.39, 0.29) is 6.61 Å². The summed E-state index contributed by atoms with van der Waals surface area (Å²) in [5.74, 6) is 0.464. The molecule has 1 aromatic carbocycles. The Morgan fingerprint density at radius 3 is 2.56 bits per heavy atom. The van der Waals surface area contributed by atoms with Crippen LogP contribution in [0.1, 0.15) is 5.56 Å². The van der Waals surface area contributed by atoms with Crippen molar-refractivity contribution in [1.29, 1.82) is 0 Å². The average molecular weight is 235 g/mol. The highest BCUT2D eigenvalue weighted by atomic mass is 19.4. The zero-order chi connectivity index (χ0) is 12.2. The fourth-order valence-corrected chi connectivity index (χ4v) is 1.10. The van der Waals surface area contributed by atoms with Crippen LogP contribution in [0, 0.1) is 6.92 Å². The Kier molecular flexibility index (Phi) is 4.00. The van der Waals surface area contributed by atoms with Gasteiger partial charge in [-0.3, -0.25) is 4.74 Å². The second kappa shape index (κ2) is 5.07. The van der Waals surface area contributed by atoms with Crippen molar-refractivity contribution in [1.82, 2.24) is 0 Å². The molecule has 3 nitrogen and oxygen atoms in total. The number of alkyl halides is 3. The summed E-state index contributed by atoms with van der Waals surface area (Å²) in [6, 6.07) is 5.00. The maximum atomic E-state index is 11.6. The largest absolute Gasteiger partial charge is 0.522 e. The van der Waals surface area contributed by atoms with Gasteiger partial charge in [0.2, 0.25) is 0 Å². The van der Waals surface area contributed by atoms with E-state index in [4.69, 9.17) is 10.5 Å². The van der Waals surface area contributed by atoms with E-state index < -0.39 is 13.0 Å². The summed E-state index contributed by atoms with van der Waals surface area (Å²) >= 11 is 0. The molecule has 0 amide bonds. The Balaban J connectivity index is 2.41. The fourth-order valence-electron chi connectivity index (χ4n) is 1.10. The van der Waals surface area contributed by atoms with Crippen LogP contribution in [-0.4, -0.2) is 19.6 Å². The van der Waals surface area contributed by atoms with Gasteiger partial charge in [0.1, 0.15) is 12.4 Å². The molecular formula is C10H12F3NO2. The monoisotopic (exact) mass is 235 g/mol. The molecule has 90 valence electrons. The molecule has 0 bridgehead atoms. The molecule has 0 aliphatic carbocycles. The van der Waals surface area contributed by atoms with Crippen LogP contribution in [0.2, 0.25) is 0 Å². The SMILES string of the molecule is Cc1c(N)cccc1OCCOC(F)(F)F. The van der Waals surface area contributed by atoms with Gasteiger partial charge in [-0.25, -0.2) is 0 Å². The Bertz CT molecular complexity index is 352. The van der Waals surface area contributed by atoms with Crippen molar-refractivity contribution >= 4 is 5.69 Å². The summed E-state index contributed by atoms with van der Waals surface area (Å²) in [5, 5.41) is 0. The second-order valence-electron chi connectivity index (χ2n) is 3.11. The van der Waals surface area contributed by atoms with Crippen molar-refractivity contribution in [3.8, 4) is 5.75 Å². The number of nitrogen functional groups attached to an aromatic ring is 1. The van der Waals surface area contributed by atoms with E-state index in [1.807, 2.05) is 0 Å². The van der Waals surface area contributed by atoms with Gasteiger partial charge in [0.25, 0.3) is 0 Å². The molecular weight excluding hydrogens is 223 g/mol. The van der Waals surface area contributed by atoms with Crippen molar-refractivity contribution < 1.29 is 22.6 Å². The number of hydrogen-bond acceptors (Lipinski definition) is 3. The van der Waals surface area contributed by atoms with Crippen molar-refractivity contribution in [2.45, 2.75) is 13.3 Å². The van der Waals surface area contributed by atoms with Gasteiger partial charge in [0, 0.05) is 11.3 Å². The molecule has 0 aromatic heterocycles. The maximum Gasteiger partial charge on any atom is 0.522 e. The Morgan fingerprint density at radius 2 is 1.94 bits per heavy atom. The quantitative estimate of drug-likeness (QED) is 0.644. The van der Waals surface area contributed by atoms with Gasteiger partial charge >= 0.3 is 6.36 Å². The van der Waals surface area contributed by atoms with E-state index >= 15 is 0 Å². The van der Waals surface area contributed by atoms with Gasteiger partial charge in [-0.05, 0) is 19.1 Å². The van der Waals surface area contributed by atoms with Crippen LogP contribution < -0.4 is 10.5 Å². The van der Waals surface area contributed by atoms with Crippen LogP contribution >= 0.6 is 0 Å². The Hall–Kier alpha value is -1.43. The normalized spacial score (nSPS) is 11.5. The molecule has 0 radical (unpaired) electrons. The van der Waals surface area contributed by atoms with Crippen LogP contribution in [0.5, 0.6) is 5.75 Å². The molecule has 0 heterocycles. The Morgan fingerprint density at radius 1 is 1.25 bits per heavy atom. The lowest BCUT2D eigenvalue weighted by molar-refractivity contribution is -0.325. The minimum Gasteiger partial charge on any atom is -0.491 e. The second-order valence-corrected chi connectivity index (χ2v) is 3.11. The van der Waals surface area contributed by atoms with E-state index in [0.717, 1.165) is 0 Å². The number of nitrogens with two attached hydrogens (primary N) is 1. The van der Waals surface area contributed by atoms with Gasteiger partial charge in [-0.15, -0.1) is 13.2 Å². The average Bonchev–Trinajstić information content (AvgIpc) is 2.17. The molecule has 0 saturated heterocycles. The third-order valence-corrected chi connectivity index (χ3v) is 1.93. The van der Waals surface area contributed by atoms with Gasteiger partial charge < -0.3 is 10.5 Å². The summed E-state index contributed by atoms with van der Waals surface area (Å²) in [6.45, 7) is 1.01. The zero-order valence-corrected chi connectivity index (χ0v) is 8.67. The standard InChI is InChI=1S/C10H12F3NO2/c1-7-8(14)3-2-4-9(7)15-5-6-16-10(11,12)13/h2-4H,5-6,14H2,1H3. The molecule has 0 spiro atoms. The lowest BCUT2D eigenvalue weighted by Gasteiger charge is -2.11. The minimum absolute atomic E-state index is 0.177. The molecule has 0 aliphatic rings. The molecule has 2 N–H and O–H groups in total.